The summed E-state index contributed by atoms with van der Waals surface area (Å²) in [5.74, 6) is 6.14. The molecule has 4 heterocycles. The summed E-state index contributed by atoms with van der Waals surface area (Å²) in [5, 5.41) is 0. The molecule has 0 unspecified atom stereocenters. The van der Waals surface area contributed by atoms with Crippen LogP contribution in [0.25, 0.3) is 0 Å². The maximum atomic E-state index is 5.63. The van der Waals surface area contributed by atoms with Crippen LogP contribution in [0.3, 0.4) is 0 Å². The Labute approximate surface area is 269 Å². The highest BCUT2D eigenvalue weighted by Gasteiger charge is 2.57. The van der Waals surface area contributed by atoms with Crippen molar-refractivity contribution in [2.24, 2.45) is 34.5 Å². The Morgan fingerprint density at radius 3 is 2.22 bits per heavy atom. The molecular formula is C37H52N6O2. The molecule has 0 amide bonds. The summed E-state index contributed by atoms with van der Waals surface area (Å²) in [7, 11) is 0. The maximum Gasteiger partial charge on any atom is 0.229 e. The molecule has 0 spiro atoms. The van der Waals surface area contributed by atoms with E-state index < -0.39 is 0 Å². The first-order chi connectivity index (χ1) is 22.0. The average Bonchev–Trinajstić information content (AvgIpc) is 3.44. The predicted molar refractivity (Wildman–Crippen MR) is 180 cm³/mol. The van der Waals surface area contributed by atoms with Crippen LogP contribution in [0.1, 0.15) is 52.4 Å². The van der Waals surface area contributed by atoms with Gasteiger partial charge in [-0.1, -0.05) is 32.1 Å². The molecule has 6 atom stereocenters. The Kier molecular flexibility index (Phi) is 7.95. The van der Waals surface area contributed by atoms with Gasteiger partial charge >= 0.3 is 0 Å². The van der Waals surface area contributed by atoms with Crippen LogP contribution in [0.15, 0.2) is 47.9 Å². The third kappa shape index (κ3) is 5.41. The number of morpholine rings is 2. The lowest BCUT2D eigenvalue weighted by Gasteiger charge is -2.56. The van der Waals surface area contributed by atoms with E-state index in [-0.39, 0.29) is 5.41 Å². The van der Waals surface area contributed by atoms with Gasteiger partial charge in [0.25, 0.3) is 0 Å². The molecule has 3 saturated carbocycles. The number of rotatable bonds is 5. The molecule has 242 valence electrons. The zero-order chi connectivity index (χ0) is 30.4. The lowest BCUT2D eigenvalue weighted by atomic mass is 9.48. The fourth-order valence-corrected chi connectivity index (χ4v) is 10.2. The van der Waals surface area contributed by atoms with Crippen molar-refractivity contribution >= 4 is 17.6 Å². The monoisotopic (exact) mass is 612 g/mol. The van der Waals surface area contributed by atoms with Gasteiger partial charge in [0.05, 0.1) is 26.4 Å². The molecular weight excluding hydrogens is 560 g/mol. The summed E-state index contributed by atoms with van der Waals surface area (Å²) in [6.45, 7) is 15.6. The molecule has 7 aliphatic rings. The lowest BCUT2D eigenvalue weighted by Crippen LogP contribution is -2.49. The number of allylic oxidation sites excluding steroid dienone is 4. The fourth-order valence-electron chi connectivity index (χ4n) is 10.2. The Balaban J connectivity index is 0.926. The van der Waals surface area contributed by atoms with Crippen LogP contribution in [-0.2, 0) is 9.47 Å². The third-order valence-electron chi connectivity index (χ3n) is 12.9. The standard InChI is InChI=1S/C37H52N6O2/c1-36-12-4-3-5-28(36)6-8-30-31-9-7-29(37(31,2)13-10-32(30)36)11-14-40-15-17-41(18-16-40)33-27-34(42-19-23-44-24-20-42)39-35(38-33)43-21-25-45-26-22-43/h3-4,11-12,14,27,29-32H,6-10,13,15-26H2,1-2H3/t29-,30+,31+,32+,36+,37-/m1/s1. The van der Waals surface area contributed by atoms with Crippen molar-refractivity contribution in [2.45, 2.75) is 52.4 Å². The van der Waals surface area contributed by atoms with Crippen molar-refractivity contribution in [2.75, 3.05) is 93.5 Å². The van der Waals surface area contributed by atoms with Crippen LogP contribution in [0.2, 0.25) is 0 Å². The van der Waals surface area contributed by atoms with Gasteiger partial charge in [-0.25, -0.2) is 0 Å². The van der Waals surface area contributed by atoms with Crippen LogP contribution in [0.5, 0.6) is 0 Å². The van der Waals surface area contributed by atoms with E-state index in [1.165, 1.54) is 38.5 Å². The van der Waals surface area contributed by atoms with E-state index in [9.17, 15) is 0 Å². The molecule has 0 bridgehead atoms. The van der Waals surface area contributed by atoms with E-state index in [0.29, 0.717) is 11.3 Å². The first-order valence-corrected chi connectivity index (χ1v) is 17.9. The number of ether oxygens (including phenoxy) is 2. The molecule has 3 saturated heterocycles. The van der Waals surface area contributed by atoms with E-state index in [1.807, 2.05) is 0 Å². The molecule has 1 aromatic rings. The molecule has 6 fully saturated rings. The van der Waals surface area contributed by atoms with Gasteiger partial charge < -0.3 is 29.1 Å². The van der Waals surface area contributed by atoms with Crippen molar-refractivity contribution in [1.29, 1.82) is 0 Å². The average molecular weight is 613 g/mol. The molecule has 4 aliphatic carbocycles. The van der Waals surface area contributed by atoms with Gasteiger partial charge in [0.2, 0.25) is 5.95 Å². The molecule has 8 heteroatoms. The van der Waals surface area contributed by atoms with Crippen LogP contribution in [0, 0.1) is 34.5 Å². The Morgan fingerprint density at radius 1 is 0.800 bits per heavy atom. The van der Waals surface area contributed by atoms with Crippen molar-refractivity contribution < 1.29 is 9.47 Å². The second kappa shape index (κ2) is 12.1. The number of hydrogen-bond acceptors (Lipinski definition) is 8. The van der Waals surface area contributed by atoms with Gasteiger partial charge in [-0.15, -0.1) is 5.73 Å². The van der Waals surface area contributed by atoms with Crippen molar-refractivity contribution in [3.05, 3.63) is 47.9 Å². The summed E-state index contributed by atoms with van der Waals surface area (Å²) in [4.78, 5) is 19.8. The van der Waals surface area contributed by atoms with Crippen molar-refractivity contribution in [3.63, 3.8) is 0 Å². The summed E-state index contributed by atoms with van der Waals surface area (Å²) in [6.07, 6.45) is 20.1. The zero-order valence-corrected chi connectivity index (χ0v) is 27.5. The number of fused-ring (bicyclic) bond motifs is 5. The van der Waals surface area contributed by atoms with Gasteiger partial charge in [-0.05, 0) is 85.5 Å². The van der Waals surface area contributed by atoms with E-state index in [2.05, 4.69) is 75.7 Å². The summed E-state index contributed by atoms with van der Waals surface area (Å²) in [6, 6.07) is 2.21. The van der Waals surface area contributed by atoms with Gasteiger partial charge in [0.15, 0.2) is 0 Å². The van der Waals surface area contributed by atoms with E-state index in [1.54, 1.807) is 5.57 Å². The smallest absolute Gasteiger partial charge is 0.229 e. The van der Waals surface area contributed by atoms with Crippen molar-refractivity contribution in [3.8, 4) is 0 Å². The zero-order valence-electron chi connectivity index (χ0n) is 27.5. The molecule has 0 N–H and O–H groups in total. The Morgan fingerprint density at radius 2 is 1.49 bits per heavy atom. The minimum absolute atomic E-state index is 0.238. The Hall–Kier alpha value is -2.80. The van der Waals surface area contributed by atoms with Crippen LogP contribution >= 0.6 is 0 Å². The van der Waals surface area contributed by atoms with Gasteiger partial charge in [0, 0.05) is 63.8 Å². The summed E-state index contributed by atoms with van der Waals surface area (Å²) < 4.78 is 11.2. The largest absolute Gasteiger partial charge is 0.378 e. The normalized spacial score (nSPS) is 36.6. The first-order valence-electron chi connectivity index (χ1n) is 17.9. The molecule has 45 heavy (non-hydrogen) atoms. The molecule has 0 radical (unpaired) electrons. The van der Waals surface area contributed by atoms with Gasteiger partial charge in [-0.3, -0.25) is 0 Å². The van der Waals surface area contributed by atoms with Crippen LogP contribution in [-0.4, -0.2) is 93.7 Å². The fraction of sp³-hybridized carbons (Fsp3) is 0.703. The predicted octanol–water partition coefficient (Wildman–Crippen LogP) is 5.30. The molecule has 0 aromatic carbocycles. The Bertz CT molecular complexity index is 1330. The van der Waals surface area contributed by atoms with Crippen molar-refractivity contribution in [1.82, 2.24) is 14.9 Å². The van der Waals surface area contributed by atoms with Gasteiger partial charge in [-0.2, -0.15) is 9.97 Å². The number of nitrogens with zero attached hydrogens (tertiary/aromatic N) is 6. The highest BCUT2D eigenvalue weighted by atomic mass is 16.5. The minimum atomic E-state index is 0.238. The van der Waals surface area contributed by atoms with Crippen LogP contribution in [0.4, 0.5) is 17.6 Å². The van der Waals surface area contributed by atoms with E-state index >= 15 is 0 Å². The number of anilines is 3. The summed E-state index contributed by atoms with van der Waals surface area (Å²) in [5.41, 5.74) is 5.89. The topological polar surface area (TPSA) is 57.2 Å². The lowest BCUT2D eigenvalue weighted by molar-refractivity contribution is -0.0261. The minimum Gasteiger partial charge on any atom is -0.378 e. The molecule has 8 nitrogen and oxygen atoms in total. The molecule has 1 aromatic heterocycles. The highest BCUT2D eigenvalue weighted by molar-refractivity contribution is 5.56. The number of aromatic nitrogens is 2. The third-order valence-corrected chi connectivity index (χ3v) is 12.9. The number of hydrogen-bond donors (Lipinski definition) is 0. The van der Waals surface area contributed by atoms with E-state index in [4.69, 9.17) is 19.4 Å². The van der Waals surface area contributed by atoms with Crippen LogP contribution < -0.4 is 14.7 Å². The summed E-state index contributed by atoms with van der Waals surface area (Å²) >= 11 is 0. The second-order valence-corrected chi connectivity index (χ2v) is 15.0. The number of piperazine rings is 1. The highest BCUT2D eigenvalue weighted by Crippen LogP contribution is 2.66. The second-order valence-electron chi connectivity index (χ2n) is 15.0. The maximum absolute atomic E-state index is 5.63. The molecule has 8 rings (SSSR count). The molecule has 3 aliphatic heterocycles. The quantitative estimate of drug-likeness (QED) is 0.416. The van der Waals surface area contributed by atoms with E-state index in [0.717, 1.165) is 114 Å². The SMILES string of the molecule is C[C@]12CC[C@H]3[C@@H](CCC4=C=CC=C[C@@]43C)[C@@H]1CC[C@@H]2C=CN1CCN(c2cc(N3CCOCC3)nc(N3CCOCC3)n2)CC1. The van der Waals surface area contributed by atoms with Gasteiger partial charge in [0.1, 0.15) is 11.6 Å². The first kappa shape index (κ1) is 29.6.